The van der Waals surface area contributed by atoms with Crippen molar-refractivity contribution in [2.24, 2.45) is 0 Å². The van der Waals surface area contributed by atoms with Gasteiger partial charge in [-0.1, -0.05) is 0 Å². The van der Waals surface area contributed by atoms with Crippen LogP contribution < -0.4 is 16.0 Å². The van der Waals surface area contributed by atoms with Gasteiger partial charge in [0.05, 0.1) is 0 Å². The highest BCUT2D eigenvalue weighted by Gasteiger charge is 2.25. The molecule has 2 amide bonds. The number of amides is 2. The van der Waals surface area contributed by atoms with Crippen LogP contribution in [0.1, 0.15) is 59.8 Å². The maximum Gasteiger partial charge on any atom is 0.407 e. The van der Waals surface area contributed by atoms with E-state index >= 15 is 0 Å². The molecule has 1 rings (SSSR count). The summed E-state index contributed by atoms with van der Waals surface area (Å²) in [5.74, 6) is 0.0780. The van der Waals surface area contributed by atoms with Crippen molar-refractivity contribution in [2.75, 3.05) is 13.1 Å². The third-order valence-corrected chi connectivity index (χ3v) is 3.55. The van der Waals surface area contributed by atoms with E-state index in [9.17, 15) is 9.59 Å². The predicted molar refractivity (Wildman–Crippen MR) is 86.7 cm³/mol. The van der Waals surface area contributed by atoms with E-state index in [1.807, 2.05) is 27.7 Å². The van der Waals surface area contributed by atoms with Gasteiger partial charge >= 0.3 is 6.09 Å². The van der Waals surface area contributed by atoms with Gasteiger partial charge in [0, 0.05) is 31.6 Å². The molecule has 3 N–H and O–H groups in total. The SMILES string of the molecule is CCNC(=O)CCNC1CCCC(NC(=O)OC(C)(C)C)C1. The molecule has 0 aromatic heterocycles. The molecule has 1 aliphatic carbocycles. The molecule has 22 heavy (non-hydrogen) atoms. The average molecular weight is 313 g/mol. The molecule has 0 saturated heterocycles. The lowest BCUT2D eigenvalue weighted by atomic mass is 9.91. The van der Waals surface area contributed by atoms with E-state index in [4.69, 9.17) is 4.74 Å². The number of carbonyl (C=O) groups is 2. The second kappa shape index (κ2) is 8.98. The molecule has 0 aliphatic heterocycles. The van der Waals surface area contributed by atoms with E-state index in [-0.39, 0.29) is 18.0 Å². The third-order valence-electron chi connectivity index (χ3n) is 3.55. The van der Waals surface area contributed by atoms with Gasteiger partial charge in [0.2, 0.25) is 5.91 Å². The summed E-state index contributed by atoms with van der Waals surface area (Å²) in [6.07, 6.45) is 4.17. The molecule has 6 nitrogen and oxygen atoms in total. The molecular formula is C16H31N3O3. The first-order valence-corrected chi connectivity index (χ1v) is 8.29. The van der Waals surface area contributed by atoms with Crippen molar-refractivity contribution in [3.8, 4) is 0 Å². The Bertz CT molecular complexity index is 366. The Balaban J connectivity index is 2.26. The lowest BCUT2D eigenvalue weighted by molar-refractivity contribution is -0.120. The molecule has 0 spiro atoms. The Labute approximate surface area is 133 Å². The van der Waals surface area contributed by atoms with Crippen molar-refractivity contribution in [3.63, 3.8) is 0 Å². The van der Waals surface area contributed by atoms with Crippen molar-refractivity contribution >= 4 is 12.0 Å². The van der Waals surface area contributed by atoms with Gasteiger partial charge in [-0.05, 0) is 53.4 Å². The number of ether oxygens (including phenoxy) is 1. The highest BCUT2D eigenvalue weighted by Crippen LogP contribution is 2.19. The first-order valence-electron chi connectivity index (χ1n) is 8.29. The van der Waals surface area contributed by atoms with Crippen LogP contribution in [-0.2, 0) is 9.53 Å². The van der Waals surface area contributed by atoms with Crippen LogP contribution in [0.15, 0.2) is 0 Å². The fourth-order valence-electron chi connectivity index (χ4n) is 2.66. The minimum atomic E-state index is -0.469. The number of rotatable bonds is 6. The van der Waals surface area contributed by atoms with E-state index in [0.29, 0.717) is 25.6 Å². The Morgan fingerprint density at radius 1 is 1.18 bits per heavy atom. The molecule has 1 saturated carbocycles. The van der Waals surface area contributed by atoms with Crippen molar-refractivity contribution in [2.45, 2.75) is 77.5 Å². The highest BCUT2D eigenvalue weighted by atomic mass is 16.6. The zero-order chi connectivity index (χ0) is 16.6. The normalized spacial score (nSPS) is 22.0. The monoisotopic (exact) mass is 313 g/mol. The number of alkyl carbamates (subject to hydrolysis) is 1. The third kappa shape index (κ3) is 8.22. The van der Waals surface area contributed by atoms with Crippen LogP contribution in [0.25, 0.3) is 0 Å². The fraction of sp³-hybridized carbons (Fsp3) is 0.875. The smallest absolute Gasteiger partial charge is 0.407 e. The Kier molecular flexibility index (Phi) is 7.65. The van der Waals surface area contributed by atoms with Crippen LogP contribution >= 0.6 is 0 Å². The Morgan fingerprint density at radius 3 is 2.50 bits per heavy atom. The highest BCUT2D eigenvalue weighted by molar-refractivity contribution is 5.75. The van der Waals surface area contributed by atoms with Gasteiger partial charge in [0.15, 0.2) is 0 Å². The number of carbonyl (C=O) groups excluding carboxylic acids is 2. The van der Waals surface area contributed by atoms with Crippen LogP contribution in [0.4, 0.5) is 4.79 Å². The van der Waals surface area contributed by atoms with Crippen LogP contribution in [0.3, 0.4) is 0 Å². The van der Waals surface area contributed by atoms with Gasteiger partial charge < -0.3 is 20.7 Å². The van der Waals surface area contributed by atoms with Gasteiger partial charge in [-0.15, -0.1) is 0 Å². The molecule has 1 fully saturated rings. The molecule has 2 unspecified atom stereocenters. The lowest BCUT2D eigenvalue weighted by Gasteiger charge is -2.31. The molecule has 0 bridgehead atoms. The molecule has 2 atom stereocenters. The molecule has 128 valence electrons. The van der Waals surface area contributed by atoms with Gasteiger partial charge in [0.1, 0.15) is 5.60 Å². The fourth-order valence-corrected chi connectivity index (χ4v) is 2.66. The molecular weight excluding hydrogens is 282 g/mol. The predicted octanol–water partition coefficient (Wildman–Crippen LogP) is 1.94. The molecule has 0 radical (unpaired) electrons. The zero-order valence-corrected chi connectivity index (χ0v) is 14.3. The molecule has 6 heteroatoms. The second-order valence-electron chi connectivity index (χ2n) is 6.86. The van der Waals surface area contributed by atoms with Crippen molar-refractivity contribution < 1.29 is 14.3 Å². The van der Waals surface area contributed by atoms with Gasteiger partial charge in [0.25, 0.3) is 0 Å². The Hall–Kier alpha value is -1.30. The van der Waals surface area contributed by atoms with Crippen molar-refractivity contribution in [1.29, 1.82) is 0 Å². The minimum absolute atomic E-state index is 0.0780. The Morgan fingerprint density at radius 2 is 1.86 bits per heavy atom. The largest absolute Gasteiger partial charge is 0.444 e. The van der Waals surface area contributed by atoms with E-state index in [0.717, 1.165) is 25.7 Å². The number of nitrogens with one attached hydrogen (secondary N) is 3. The molecule has 0 aromatic rings. The zero-order valence-electron chi connectivity index (χ0n) is 14.3. The quantitative estimate of drug-likeness (QED) is 0.700. The standard InChI is InChI=1S/C16H31N3O3/c1-5-17-14(20)9-10-18-12-7-6-8-13(11-12)19-15(21)22-16(2,3)4/h12-13,18H,5-11H2,1-4H3,(H,17,20)(H,19,21). The van der Waals surface area contributed by atoms with E-state index in [2.05, 4.69) is 16.0 Å². The summed E-state index contributed by atoms with van der Waals surface area (Å²) >= 11 is 0. The van der Waals surface area contributed by atoms with E-state index in [1.165, 1.54) is 0 Å². The number of hydrogen-bond acceptors (Lipinski definition) is 4. The minimum Gasteiger partial charge on any atom is -0.444 e. The summed E-state index contributed by atoms with van der Waals surface area (Å²) in [5, 5.41) is 9.14. The summed E-state index contributed by atoms with van der Waals surface area (Å²) < 4.78 is 5.29. The maximum absolute atomic E-state index is 11.8. The first-order chi connectivity index (χ1) is 10.3. The second-order valence-corrected chi connectivity index (χ2v) is 6.86. The lowest BCUT2D eigenvalue weighted by Crippen LogP contribution is -2.46. The van der Waals surface area contributed by atoms with Gasteiger partial charge in [-0.3, -0.25) is 4.79 Å². The first kappa shape index (κ1) is 18.7. The van der Waals surface area contributed by atoms with Gasteiger partial charge in [-0.25, -0.2) is 4.79 Å². The number of hydrogen-bond donors (Lipinski definition) is 3. The molecule has 0 heterocycles. The summed E-state index contributed by atoms with van der Waals surface area (Å²) in [5.41, 5.74) is -0.469. The summed E-state index contributed by atoms with van der Waals surface area (Å²) in [7, 11) is 0. The van der Waals surface area contributed by atoms with Crippen LogP contribution in [-0.4, -0.2) is 42.8 Å². The summed E-state index contributed by atoms with van der Waals surface area (Å²) in [6.45, 7) is 8.84. The van der Waals surface area contributed by atoms with Gasteiger partial charge in [-0.2, -0.15) is 0 Å². The topological polar surface area (TPSA) is 79.5 Å². The van der Waals surface area contributed by atoms with Crippen molar-refractivity contribution in [1.82, 2.24) is 16.0 Å². The molecule has 1 aliphatic rings. The van der Waals surface area contributed by atoms with E-state index < -0.39 is 5.60 Å². The van der Waals surface area contributed by atoms with E-state index in [1.54, 1.807) is 0 Å². The van der Waals surface area contributed by atoms with Crippen LogP contribution in [0.5, 0.6) is 0 Å². The molecule has 0 aromatic carbocycles. The summed E-state index contributed by atoms with van der Waals surface area (Å²) in [6, 6.07) is 0.494. The summed E-state index contributed by atoms with van der Waals surface area (Å²) in [4.78, 5) is 23.2. The van der Waals surface area contributed by atoms with Crippen LogP contribution in [0, 0.1) is 0 Å². The van der Waals surface area contributed by atoms with Crippen molar-refractivity contribution in [3.05, 3.63) is 0 Å². The van der Waals surface area contributed by atoms with Crippen LogP contribution in [0.2, 0.25) is 0 Å². The average Bonchev–Trinajstić information content (AvgIpc) is 2.37. The maximum atomic E-state index is 11.8.